The number of hydrogen-bond acceptors (Lipinski definition) is 6. The van der Waals surface area contributed by atoms with Gasteiger partial charge in [0, 0.05) is 17.4 Å². The molecule has 0 spiro atoms. The normalized spacial score (nSPS) is 15.0. The quantitative estimate of drug-likeness (QED) is 0.688. The average molecular weight is 388 g/mol. The van der Waals surface area contributed by atoms with Crippen LogP contribution in [0.3, 0.4) is 0 Å². The van der Waals surface area contributed by atoms with Gasteiger partial charge in [0.15, 0.2) is 0 Å². The van der Waals surface area contributed by atoms with Crippen LogP contribution in [-0.2, 0) is 11.2 Å². The summed E-state index contributed by atoms with van der Waals surface area (Å²) in [4.78, 5) is 35.0. The van der Waals surface area contributed by atoms with Crippen LogP contribution in [-0.4, -0.2) is 35.0 Å². The Balaban J connectivity index is 1.51. The van der Waals surface area contributed by atoms with E-state index >= 15 is 0 Å². The number of nitrogens with one attached hydrogen (secondary N) is 1. The van der Waals surface area contributed by atoms with E-state index in [1.165, 1.54) is 19.5 Å². The summed E-state index contributed by atoms with van der Waals surface area (Å²) in [6.45, 7) is 2.02. The number of benzene rings is 2. The molecule has 2 aromatic carbocycles. The third-order valence-corrected chi connectivity index (χ3v) is 4.85. The molecule has 1 unspecified atom stereocenters. The van der Waals surface area contributed by atoms with E-state index in [1.54, 1.807) is 29.2 Å². The number of para-hydroxylation sites is 1. The van der Waals surface area contributed by atoms with Gasteiger partial charge in [-0.15, -0.1) is 0 Å². The predicted octanol–water partition coefficient (Wildman–Crippen LogP) is 3.60. The fourth-order valence-corrected chi connectivity index (χ4v) is 3.49. The molecule has 4 rings (SSSR count). The highest BCUT2D eigenvalue weighted by molar-refractivity contribution is 6.06. The highest BCUT2D eigenvalue weighted by Gasteiger charge is 2.31. The van der Waals surface area contributed by atoms with Crippen LogP contribution in [0.1, 0.15) is 33.3 Å². The first kappa shape index (κ1) is 18.6. The molecule has 0 aliphatic carbocycles. The van der Waals surface area contributed by atoms with Crippen molar-refractivity contribution in [1.82, 2.24) is 9.97 Å². The van der Waals surface area contributed by atoms with Gasteiger partial charge in [-0.2, -0.15) is 0 Å². The van der Waals surface area contributed by atoms with Gasteiger partial charge < -0.3 is 15.0 Å². The second-order valence-electron chi connectivity index (χ2n) is 6.84. The molecule has 1 N–H and O–H groups in total. The van der Waals surface area contributed by atoms with Crippen molar-refractivity contribution in [2.24, 2.45) is 0 Å². The molecule has 0 bridgehead atoms. The van der Waals surface area contributed by atoms with Crippen molar-refractivity contribution < 1.29 is 14.3 Å². The molecule has 1 atom stereocenters. The van der Waals surface area contributed by atoms with Crippen LogP contribution < -0.4 is 10.2 Å². The van der Waals surface area contributed by atoms with Gasteiger partial charge >= 0.3 is 5.97 Å². The minimum Gasteiger partial charge on any atom is -0.465 e. The number of rotatable bonds is 4. The summed E-state index contributed by atoms with van der Waals surface area (Å²) in [5.41, 5.74) is 3.46. The second-order valence-corrected chi connectivity index (χ2v) is 6.84. The van der Waals surface area contributed by atoms with Crippen LogP contribution in [0.4, 0.5) is 17.2 Å². The molecular weight excluding hydrogens is 368 g/mol. The summed E-state index contributed by atoms with van der Waals surface area (Å²) >= 11 is 0. The molecule has 1 aromatic heterocycles. The van der Waals surface area contributed by atoms with Crippen molar-refractivity contribution in [3.05, 3.63) is 77.7 Å². The number of ether oxygens (including phenoxy) is 1. The Morgan fingerprint density at radius 2 is 1.93 bits per heavy atom. The van der Waals surface area contributed by atoms with E-state index in [9.17, 15) is 9.59 Å². The molecule has 1 aliphatic heterocycles. The lowest BCUT2D eigenvalue weighted by molar-refractivity contribution is 0.0600. The molecule has 146 valence electrons. The van der Waals surface area contributed by atoms with Crippen LogP contribution in [0, 0.1) is 0 Å². The lowest BCUT2D eigenvalue weighted by Gasteiger charge is -2.22. The number of aromatic nitrogens is 2. The van der Waals surface area contributed by atoms with E-state index in [0.717, 1.165) is 17.7 Å². The minimum atomic E-state index is -0.416. The van der Waals surface area contributed by atoms with Gasteiger partial charge in [0.2, 0.25) is 0 Å². The summed E-state index contributed by atoms with van der Waals surface area (Å²) in [6.07, 6.45) is 3.79. The highest BCUT2D eigenvalue weighted by atomic mass is 16.5. The number of fused-ring (bicyclic) bond motifs is 1. The van der Waals surface area contributed by atoms with Crippen LogP contribution in [0.25, 0.3) is 0 Å². The Hall–Kier alpha value is -3.74. The van der Waals surface area contributed by atoms with E-state index < -0.39 is 5.97 Å². The van der Waals surface area contributed by atoms with Gasteiger partial charge in [0.1, 0.15) is 11.5 Å². The van der Waals surface area contributed by atoms with Gasteiger partial charge in [-0.3, -0.25) is 4.79 Å². The summed E-state index contributed by atoms with van der Waals surface area (Å²) in [7, 11) is 1.34. The van der Waals surface area contributed by atoms with Gasteiger partial charge in [0.05, 0.1) is 25.1 Å². The maximum Gasteiger partial charge on any atom is 0.337 e. The van der Waals surface area contributed by atoms with Crippen LogP contribution in [0.5, 0.6) is 0 Å². The molecule has 2 heterocycles. The van der Waals surface area contributed by atoms with Crippen LogP contribution >= 0.6 is 0 Å². The number of esters is 1. The number of hydrogen-bond donors (Lipinski definition) is 1. The van der Waals surface area contributed by atoms with E-state index in [2.05, 4.69) is 15.3 Å². The zero-order chi connectivity index (χ0) is 20.4. The largest absolute Gasteiger partial charge is 0.465 e. The molecule has 29 heavy (non-hydrogen) atoms. The molecular formula is C22H20N4O3. The van der Waals surface area contributed by atoms with Crippen molar-refractivity contribution >= 4 is 29.1 Å². The van der Waals surface area contributed by atoms with E-state index in [1.807, 2.05) is 31.2 Å². The maximum atomic E-state index is 13.0. The standard InChI is InChI=1S/C22H20N4O3/c1-14-10-15-6-3-4-9-19(15)26(14)21(27)18-12-24-20(13-23-18)25-17-8-5-7-16(11-17)22(28)29-2/h3-9,11-14H,10H2,1-2H3,(H,24,25). The molecule has 0 fully saturated rings. The van der Waals surface area contributed by atoms with E-state index in [0.29, 0.717) is 17.1 Å². The van der Waals surface area contributed by atoms with Gasteiger partial charge in [-0.05, 0) is 43.2 Å². The fourth-order valence-electron chi connectivity index (χ4n) is 3.49. The topological polar surface area (TPSA) is 84.4 Å². The molecule has 0 radical (unpaired) electrons. The van der Waals surface area contributed by atoms with Crippen molar-refractivity contribution in [3.8, 4) is 0 Å². The molecule has 7 nitrogen and oxygen atoms in total. The fraction of sp³-hybridized carbons (Fsp3) is 0.182. The SMILES string of the molecule is COC(=O)c1cccc(Nc2cnc(C(=O)N3c4ccccc4CC3C)cn2)c1. The number of methoxy groups -OCH3 is 1. The Labute approximate surface area is 168 Å². The summed E-state index contributed by atoms with van der Waals surface area (Å²) < 4.78 is 4.73. The summed E-state index contributed by atoms with van der Waals surface area (Å²) in [5.74, 6) is -0.117. The lowest BCUT2D eigenvalue weighted by atomic mass is 10.1. The number of carbonyl (C=O) groups excluding carboxylic acids is 2. The average Bonchev–Trinajstić information content (AvgIpc) is 3.09. The van der Waals surface area contributed by atoms with Crippen molar-refractivity contribution in [2.75, 3.05) is 17.3 Å². The Kier molecular flexibility index (Phi) is 4.95. The van der Waals surface area contributed by atoms with Gasteiger partial charge in [0.25, 0.3) is 5.91 Å². The molecule has 1 amide bonds. The van der Waals surface area contributed by atoms with Crippen LogP contribution in [0.15, 0.2) is 60.9 Å². The van der Waals surface area contributed by atoms with Crippen molar-refractivity contribution in [1.29, 1.82) is 0 Å². The number of anilines is 3. The Bertz CT molecular complexity index is 1070. The first-order chi connectivity index (χ1) is 14.1. The van der Waals surface area contributed by atoms with Crippen molar-refractivity contribution in [2.45, 2.75) is 19.4 Å². The van der Waals surface area contributed by atoms with Crippen molar-refractivity contribution in [3.63, 3.8) is 0 Å². The van der Waals surface area contributed by atoms with Gasteiger partial charge in [-0.25, -0.2) is 14.8 Å². The monoisotopic (exact) mass is 388 g/mol. The number of nitrogens with zero attached hydrogens (tertiary/aromatic N) is 3. The highest BCUT2D eigenvalue weighted by Crippen LogP contribution is 2.32. The Morgan fingerprint density at radius 3 is 2.69 bits per heavy atom. The van der Waals surface area contributed by atoms with Crippen LogP contribution in [0.2, 0.25) is 0 Å². The number of amides is 1. The third kappa shape index (κ3) is 3.67. The molecule has 3 aromatic rings. The predicted molar refractivity (Wildman–Crippen MR) is 110 cm³/mol. The summed E-state index contributed by atoms with van der Waals surface area (Å²) in [5, 5.41) is 3.08. The number of carbonyl (C=O) groups is 2. The zero-order valence-electron chi connectivity index (χ0n) is 16.1. The first-order valence-corrected chi connectivity index (χ1v) is 9.25. The van der Waals surface area contributed by atoms with Gasteiger partial charge in [-0.1, -0.05) is 24.3 Å². The molecule has 0 saturated heterocycles. The summed E-state index contributed by atoms with van der Waals surface area (Å²) in [6, 6.07) is 14.8. The molecule has 0 saturated carbocycles. The molecule has 1 aliphatic rings. The van der Waals surface area contributed by atoms with E-state index in [4.69, 9.17) is 4.74 Å². The molecule has 7 heteroatoms. The zero-order valence-corrected chi connectivity index (χ0v) is 16.1. The second kappa shape index (κ2) is 7.71. The minimum absolute atomic E-state index is 0.0700. The third-order valence-electron chi connectivity index (χ3n) is 4.85. The Morgan fingerprint density at radius 1 is 1.10 bits per heavy atom. The lowest BCUT2D eigenvalue weighted by Crippen LogP contribution is -2.36. The smallest absolute Gasteiger partial charge is 0.337 e. The van der Waals surface area contributed by atoms with E-state index in [-0.39, 0.29) is 17.6 Å². The first-order valence-electron chi connectivity index (χ1n) is 9.25. The maximum absolute atomic E-state index is 13.0.